The van der Waals surface area contributed by atoms with Crippen LogP contribution in [0.5, 0.6) is 0 Å². The first kappa shape index (κ1) is 14.9. The van der Waals surface area contributed by atoms with Crippen LogP contribution in [0.1, 0.15) is 5.76 Å². The van der Waals surface area contributed by atoms with E-state index in [-0.39, 0.29) is 0 Å². The average Bonchev–Trinajstić information content (AvgIpc) is 3.08. The van der Waals surface area contributed by atoms with Crippen molar-refractivity contribution in [1.82, 2.24) is 0 Å². The van der Waals surface area contributed by atoms with E-state index in [1.54, 1.807) is 6.26 Å². The molecule has 3 rings (SSSR count). The maximum Gasteiger partial charge on any atom is 0.261 e. The third kappa shape index (κ3) is 3.99. The molecule has 1 fully saturated rings. The van der Waals surface area contributed by atoms with E-state index in [1.807, 2.05) is 24.3 Å². The smallest absolute Gasteiger partial charge is 0.261 e. The van der Waals surface area contributed by atoms with Crippen molar-refractivity contribution in [2.75, 3.05) is 36.5 Å². The lowest BCUT2D eigenvalue weighted by Gasteiger charge is -2.28. The van der Waals surface area contributed by atoms with Gasteiger partial charge in [-0.3, -0.25) is 0 Å². The summed E-state index contributed by atoms with van der Waals surface area (Å²) in [6, 6.07) is 11.8. The van der Waals surface area contributed by atoms with E-state index >= 15 is 0 Å². The molecule has 5 nitrogen and oxygen atoms in total. The predicted molar refractivity (Wildman–Crippen MR) is 89.2 cm³/mol. The van der Waals surface area contributed by atoms with Crippen LogP contribution in [0.2, 0.25) is 0 Å². The molecular weight excluding hydrogens is 300 g/mol. The van der Waals surface area contributed by atoms with Gasteiger partial charge in [0.05, 0.1) is 19.5 Å². The summed E-state index contributed by atoms with van der Waals surface area (Å²) in [6.07, 6.45) is 1.61. The maximum absolute atomic E-state index is 5.44. The number of rotatable bonds is 4. The Morgan fingerprint density at radius 3 is 2.64 bits per heavy atom. The second kappa shape index (κ2) is 7.29. The summed E-state index contributed by atoms with van der Waals surface area (Å²) in [6.45, 7) is 3.75. The van der Waals surface area contributed by atoms with E-state index in [1.165, 1.54) is 5.69 Å². The van der Waals surface area contributed by atoms with E-state index in [9.17, 15) is 0 Å². The molecule has 0 atom stereocenters. The molecule has 1 N–H and O–H groups in total. The minimum Gasteiger partial charge on any atom is -0.466 e. The van der Waals surface area contributed by atoms with E-state index in [4.69, 9.17) is 26.1 Å². The van der Waals surface area contributed by atoms with Crippen LogP contribution in [0.15, 0.2) is 47.1 Å². The van der Waals surface area contributed by atoms with Gasteiger partial charge in [-0.15, -0.1) is 0 Å². The molecule has 0 aliphatic carbocycles. The summed E-state index contributed by atoms with van der Waals surface area (Å²) in [5, 5.41) is 3.39. The van der Waals surface area contributed by atoms with E-state index in [2.05, 4.69) is 22.3 Å². The van der Waals surface area contributed by atoms with E-state index in [0.29, 0.717) is 11.8 Å². The molecule has 1 aromatic heterocycles. The topological polar surface area (TPSA) is 46.9 Å². The standard InChI is InChI=1S/C16H18N2O3S/c22-16(21-12-15-2-1-9-20-15)17-13-3-5-14(6-4-13)18-7-10-19-11-8-18/h1-6,9H,7-8,10-12H2,(H,17,22). The van der Waals surface area contributed by atoms with Gasteiger partial charge in [0.15, 0.2) is 0 Å². The quantitative estimate of drug-likeness (QED) is 0.875. The highest BCUT2D eigenvalue weighted by atomic mass is 32.1. The molecule has 6 heteroatoms. The van der Waals surface area contributed by atoms with Crippen LogP contribution in [-0.4, -0.2) is 31.5 Å². The number of nitrogens with one attached hydrogen (secondary N) is 1. The molecule has 0 amide bonds. The van der Waals surface area contributed by atoms with Crippen molar-refractivity contribution in [2.24, 2.45) is 0 Å². The summed E-state index contributed by atoms with van der Waals surface area (Å²) >= 11 is 5.17. The van der Waals surface area contributed by atoms with Gasteiger partial charge < -0.3 is 24.1 Å². The number of morpholine rings is 1. The number of benzene rings is 1. The molecule has 22 heavy (non-hydrogen) atoms. The first-order valence-corrected chi connectivity index (χ1v) is 7.61. The van der Waals surface area contributed by atoms with Crippen LogP contribution in [0.3, 0.4) is 0 Å². The van der Waals surface area contributed by atoms with Crippen molar-refractivity contribution in [2.45, 2.75) is 6.61 Å². The molecule has 116 valence electrons. The molecule has 1 aromatic carbocycles. The third-order valence-corrected chi connectivity index (χ3v) is 3.64. The van der Waals surface area contributed by atoms with Crippen LogP contribution in [0.4, 0.5) is 11.4 Å². The molecule has 1 saturated heterocycles. The minimum atomic E-state index is 0.324. The molecule has 0 radical (unpaired) electrons. The number of anilines is 2. The maximum atomic E-state index is 5.44. The van der Waals surface area contributed by atoms with Gasteiger partial charge in [0.2, 0.25) is 0 Å². The first-order valence-electron chi connectivity index (χ1n) is 7.20. The van der Waals surface area contributed by atoms with Crippen LogP contribution in [-0.2, 0) is 16.1 Å². The molecule has 0 bridgehead atoms. The third-order valence-electron chi connectivity index (χ3n) is 3.42. The Bertz CT molecular complexity index is 592. The lowest BCUT2D eigenvalue weighted by molar-refractivity contribution is 0.122. The molecule has 0 unspecified atom stereocenters. The normalized spacial score (nSPS) is 14.6. The van der Waals surface area contributed by atoms with Crippen molar-refractivity contribution in [3.63, 3.8) is 0 Å². The predicted octanol–water partition coefficient (Wildman–Crippen LogP) is 3.03. The molecule has 1 aliphatic rings. The average molecular weight is 318 g/mol. The van der Waals surface area contributed by atoms with Crippen LogP contribution in [0, 0.1) is 0 Å². The van der Waals surface area contributed by atoms with Gasteiger partial charge in [0.25, 0.3) is 5.17 Å². The summed E-state index contributed by atoms with van der Waals surface area (Å²) in [5.74, 6) is 0.742. The minimum absolute atomic E-state index is 0.324. The largest absolute Gasteiger partial charge is 0.466 e. The molecule has 0 spiro atoms. The van der Waals surface area contributed by atoms with Gasteiger partial charge in [-0.1, -0.05) is 0 Å². The Balaban J connectivity index is 1.50. The molecule has 1 aliphatic heterocycles. The Labute approximate surface area is 134 Å². The zero-order chi connectivity index (χ0) is 15.2. The molecule has 2 aromatic rings. The van der Waals surface area contributed by atoms with Gasteiger partial charge in [0.1, 0.15) is 12.4 Å². The zero-order valence-corrected chi connectivity index (χ0v) is 13.0. The summed E-state index contributed by atoms with van der Waals surface area (Å²) < 4.78 is 16.0. The number of nitrogens with zero attached hydrogens (tertiary/aromatic N) is 1. The SMILES string of the molecule is S=C(Nc1ccc(N2CCOCC2)cc1)OCc1ccco1. The van der Waals surface area contributed by atoms with Gasteiger partial charge in [-0.05, 0) is 48.6 Å². The number of furan rings is 1. The van der Waals surface area contributed by atoms with Crippen molar-refractivity contribution in [1.29, 1.82) is 0 Å². The second-order valence-corrected chi connectivity index (χ2v) is 5.30. The monoisotopic (exact) mass is 318 g/mol. The summed E-state index contributed by atoms with van der Waals surface area (Å²) in [7, 11) is 0. The Morgan fingerprint density at radius 2 is 1.95 bits per heavy atom. The number of thiocarbonyl (C=S) groups is 1. The highest BCUT2D eigenvalue weighted by Crippen LogP contribution is 2.19. The molecule has 2 heterocycles. The van der Waals surface area contributed by atoms with Crippen molar-refractivity contribution >= 4 is 28.8 Å². The van der Waals surface area contributed by atoms with Crippen LogP contribution < -0.4 is 10.2 Å². The lowest BCUT2D eigenvalue weighted by Crippen LogP contribution is -2.36. The van der Waals surface area contributed by atoms with Crippen LogP contribution in [0.25, 0.3) is 0 Å². The highest BCUT2D eigenvalue weighted by Gasteiger charge is 2.11. The number of hydrogen-bond donors (Lipinski definition) is 1. The van der Waals surface area contributed by atoms with Gasteiger partial charge >= 0.3 is 0 Å². The van der Waals surface area contributed by atoms with Gasteiger partial charge in [-0.2, -0.15) is 0 Å². The molecular formula is C16H18N2O3S. The first-order chi connectivity index (χ1) is 10.8. The van der Waals surface area contributed by atoms with Crippen molar-refractivity contribution in [3.05, 3.63) is 48.4 Å². The van der Waals surface area contributed by atoms with E-state index < -0.39 is 0 Å². The summed E-state index contributed by atoms with van der Waals surface area (Å²) in [4.78, 5) is 2.30. The Hall–Kier alpha value is -2.05. The fraction of sp³-hybridized carbons (Fsp3) is 0.312. The fourth-order valence-corrected chi connectivity index (χ4v) is 2.44. The second-order valence-electron chi connectivity index (χ2n) is 4.93. The Kier molecular flexibility index (Phi) is 4.92. The fourth-order valence-electron chi connectivity index (χ4n) is 2.26. The zero-order valence-electron chi connectivity index (χ0n) is 12.2. The van der Waals surface area contributed by atoms with Gasteiger partial charge in [-0.25, -0.2) is 0 Å². The van der Waals surface area contributed by atoms with Gasteiger partial charge in [0, 0.05) is 24.5 Å². The van der Waals surface area contributed by atoms with Crippen molar-refractivity contribution < 1.29 is 13.9 Å². The molecule has 0 saturated carbocycles. The van der Waals surface area contributed by atoms with Crippen molar-refractivity contribution in [3.8, 4) is 0 Å². The van der Waals surface area contributed by atoms with E-state index in [0.717, 1.165) is 37.8 Å². The highest BCUT2D eigenvalue weighted by molar-refractivity contribution is 7.80. The van der Waals surface area contributed by atoms with Crippen LogP contribution >= 0.6 is 12.2 Å². The Morgan fingerprint density at radius 1 is 1.18 bits per heavy atom. The summed E-state index contributed by atoms with van der Waals surface area (Å²) in [5.41, 5.74) is 2.10. The number of ether oxygens (including phenoxy) is 2. The number of hydrogen-bond acceptors (Lipinski definition) is 5. The lowest BCUT2D eigenvalue weighted by atomic mass is 10.2.